The van der Waals surface area contributed by atoms with Gasteiger partial charge in [0.2, 0.25) is 0 Å². The Hall–Kier alpha value is -0.870. The Balaban J connectivity index is 1.89. The molecule has 0 spiro atoms. The van der Waals surface area contributed by atoms with Gasteiger partial charge < -0.3 is 5.11 Å². The second-order valence-electron chi connectivity index (χ2n) is 6.12. The van der Waals surface area contributed by atoms with Crippen molar-refractivity contribution in [3.05, 3.63) is 22.4 Å². The molecule has 1 saturated heterocycles. The molecule has 1 aliphatic heterocycles. The number of carboxylic acids is 1. The Bertz CT molecular complexity index is 408. The second kappa shape index (κ2) is 7.23. The number of aliphatic carboxylic acids is 1. The zero-order chi connectivity index (χ0) is 14.5. The summed E-state index contributed by atoms with van der Waals surface area (Å²) in [5.74, 6) is 0.550. The fraction of sp³-hybridized carbons (Fsp3) is 0.688. The number of nitrogens with zero attached hydrogens (tertiary/aromatic N) is 1. The standard InChI is InChI=1S/C16H25NO2S/c1-12(2)16(14-4-3-11-20-14)17-9-7-13(8-10-17)5-6-15(18)19/h3-4,11-13,16H,5-10H2,1-2H3,(H,18,19). The van der Waals surface area contributed by atoms with Crippen LogP contribution < -0.4 is 0 Å². The van der Waals surface area contributed by atoms with Crippen molar-refractivity contribution in [2.75, 3.05) is 13.1 Å². The van der Waals surface area contributed by atoms with E-state index < -0.39 is 5.97 Å². The highest BCUT2D eigenvalue weighted by Crippen LogP contribution is 2.35. The summed E-state index contributed by atoms with van der Waals surface area (Å²) < 4.78 is 0. The second-order valence-corrected chi connectivity index (χ2v) is 7.10. The number of carbonyl (C=O) groups is 1. The molecule has 0 radical (unpaired) electrons. The zero-order valence-corrected chi connectivity index (χ0v) is 13.2. The van der Waals surface area contributed by atoms with E-state index in [1.165, 1.54) is 4.88 Å². The van der Waals surface area contributed by atoms with E-state index in [9.17, 15) is 4.79 Å². The minimum Gasteiger partial charge on any atom is -0.481 e. The molecule has 1 N–H and O–H groups in total. The average Bonchev–Trinajstić information content (AvgIpc) is 2.91. The first-order chi connectivity index (χ1) is 9.58. The SMILES string of the molecule is CC(C)C(c1cccs1)N1CCC(CCC(=O)O)CC1. The molecule has 20 heavy (non-hydrogen) atoms. The predicted molar refractivity (Wildman–Crippen MR) is 83.1 cm³/mol. The summed E-state index contributed by atoms with van der Waals surface area (Å²) in [5.41, 5.74) is 0. The van der Waals surface area contributed by atoms with Crippen molar-refractivity contribution < 1.29 is 9.90 Å². The quantitative estimate of drug-likeness (QED) is 0.861. The molecule has 1 aliphatic rings. The van der Waals surface area contributed by atoms with E-state index >= 15 is 0 Å². The van der Waals surface area contributed by atoms with Crippen molar-refractivity contribution in [3.63, 3.8) is 0 Å². The van der Waals surface area contributed by atoms with Gasteiger partial charge in [0.25, 0.3) is 0 Å². The topological polar surface area (TPSA) is 40.5 Å². The molecule has 1 aromatic rings. The van der Waals surface area contributed by atoms with Crippen molar-refractivity contribution in [2.45, 2.75) is 45.6 Å². The summed E-state index contributed by atoms with van der Waals surface area (Å²) in [6.07, 6.45) is 3.45. The molecule has 1 fully saturated rings. The first-order valence-corrected chi connectivity index (χ1v) is 8.45. The summed E-state index contributed by atoms with van der Waals surface area (Å²) in [6.45, 7) is 6.79. The van der Waals surface area contributed by atoms with Crippen LogP contribution in [-0.4, -0.2) is 29.1 Å². The Labute approximate surface area is 125 Å². The minimum absolute atomic E-state index is 0.323. The molecule has 4 heteroatoms. The van der Waals surface area contributed by atoms with Gasteiger partial charge in [-0.1, -0.05) is 19.9 Å². The Morgan fingerprint density at radius 3 is 2.65 bits per heavy atom. The lowest BCUT2D eigenvalue weighted by atomic mass is 9.89. The van der Waals surface area contributed by atoms with Crippen LogP contribution in [-0.2, 0) is 4.79 Å². The molecule has 0 bridgehead atoms. The van der Waals surface area contributed by atoms with Crippen LogP contribution in [0, 0.1) is 11.8 Å². The third-order valence-corrected chi connectivity index (χ3v) is 5.22. The third-order valence-electron chi connectivity index (χ3n) is 4.28. The van der Waals surface area contributed by atoms with E-state index in [1.807, 2.05) is 11.3 Å². The van der Waals surface area contributed by atoms with Crippen LogP contribution in [0.2, 0.25) is 0 Å². The van der Waals surface area contributed by atoms with Gasteiger partial charge >= 0.3 is 5.97 Å². The van der Waals surface area contributed by atoms with E-state index in [4.69, 9.17) is 5.11 Å². The lowest BCUT2D eigenvalue weighted by Gasteiger charge is -2.39. The van der Waals surface area contributed by atoms with Crippen LogP contribution in [0.4, 0.5) is 0 Å². The van der Waals surface area contributed by atoms with Crippen molar-refractivity contribution >= 4 is 17.3 Å². The lowest BCUT2D eigenvalue weighted by Crippen LogP contribution is -2.38. The fourth-order valence-electron chi connectivity index (χ4n) is 3.24. The number of rotatable bonds is 6. The largest absolute Gasteiger partial charge is 0.481 e. The van der Waals surface area contributed by atoms with E-state index in [-0.39, 0.29) is 0 Å². The Morgan fingerprint density at radius 1 is 1.45 bits per heavy atom. The number of piperidine rings is 1. The number of hydrogen-bond acceptors (Lipinski definition) is 3. The zero-order valence-electron chi connectivity index (χ0n) is 12.4. The van der Waals surface area contributed by atoms with Crippen LogP contribution in [0.1, 0.15) is 50.4 Å². The van der Waals surface area contributed by atoms with Gasteiger partial charge in [-0.25, -0.2) is 0 Å². The van der Waals surface area contributed by atoms with Gasteiger partial charge in [-0.3, -0.25) is 9.69 Å². The van der Waals surface area contributed by atoms with Gasteiger partial charge in [0, 0.05) is 17.3 Å². The molecule has 0 amide bonds. The minimum atomic E-state index is -0.661. The smallest absolute Gasteiger partial charge is 0.303 e. The number of carboxylic acid groups (broad SMARTS) is 1. The summed E-state index contributed by atoms with van der Waals surface area (Å²) >= 11 is 1.85. The predicted octanol–water partition coefficient (Wildman–Crippen LogP) is 4.02. The molecular weight excluding hydrogens is 270 g/mol. The molecule has 2 heterocycles. The van der Waals surface area contributed by atoms with Crippen LogP contribution >= 0.6 is 11.3 Å². The highest BCUT2D eigenvalue weighted by molar-refractivity contribution is 7.10. The first kappa shape index (κ1) is 15.5. The van der Waals surface area contributed by atoms with Gasteiger partial charge in [-0.05, 0) is 55.6 Å². The molecule has 3 nitrogen and oxygen atoms in total. The van der Waals surface area contributed by atoms with Gasteiger partial charge in [0.05, 0.1) is 0 Å². The molecule has 0 saturated carbocycles. The number of hydrogen-bond donors (Lipinski definition) is 1. The fourth-order valence-corrected chi connectivity index (χ4v) is 4.27. The summed E-state index contributed by atoms with van der Waals surface area (Å²) in [5, 5.41) is 10.9. The lowest BCUT2D eigenvalue weighted by molar-refractivity contribution is -0.137. The third kappa shape index (κ3) is 4.06. The van der Waals surface area contributed by atoms with Crippen molar-refractivity contribution in [1.82, 2.24) is 4.90 Å². The normalized spacial score (nSPS) is 19.4. The van der Waals surface area contributed by atoms with E-state index in [0.29, 0.717) is 24.3 Å². The van der Waals surface area contributed by atoms with Crippen molar-refractivity contribution in [3.8, 4) is 0 Å². The molecule has 112 valence electrons. The van der Waals surface area contributed by atoms with Crippen LogP contribution in [0.5, 0.6) is 0 Å². The van der Waals surface area contributed by atoms with Gasteiger partial charge in [-0.15, -0.1) is 11.3 Å². The van der Waals surface area contributed by atoms with E-state index in [1.54, 1.807) is 0 Å². The van der Waals surface area contributed by atoms with Gasteiger partial charge in [-0.2, -0.15) is 0 Å². The molecule has 1 unspecified atom stereocenters. The molecule has 1 atom stereocenters. The van der Waals surface area contributed by atoms with Crippen LogP contribution in [0.25, 0.3) is 0 Å². The molecular formula is C16H25NO2S. The highest BCUT2D eigenvalue weighted by Gasteiger charge is 2.28. The first-order valence-electron chi connectivity index (χ1n) is 7.57. The Morgan fingerprint density at radius 2 is 2.15 bits per heavy atom. The molecule has 0 aromatic carbocycles. The van der Waals surface area contributed by atoms with Gasteiger partial charge in [0.1, 0.15) is 0 Å². The van der Waals surface area contributed by atoms with Crippen molar-refractivity contribution in [2.24, 2.45) is 11.8 Å². The number of likely N-dealkylation sites (tertiary alicyclic amines) is 1. The average molecular weight is 295 g/mol. The number of thiophene rings is 1. The monoisotopic (exact) mass is 295 g/mol. The summed E-state index contributed by atoms with van der Waals surface area (Å²) in [6, 6.07) is 4.90. The maximum absolute atomic E-state index is 10.7. The Kier molecular flexibility index (Phi) is 5.61. The summed E-state index contributed by atoms with van der Waals surface area (Å²) in [7, 11) is 0. The molecule has 2 rings (SSSR count). The van der Waals surface area contributed by atoms with E-state index in [2.05, 4.69) is 36.3 Å². The summed E-state index contributed by atoms with van der Waals surface area (Å²) in [4.78, 5) is 14.7. The molecule has 0 aliphatic carbocycles. The van der Waals surface area contributed by atoms with Crippen LogP contribution in [0.3, 0.4) is 0 Å². The van der Waals surface area contributed by atoms with Crippen molar-refractivity contribution in [1.29, 1.82) is 0 Å². The van der Waals surface area contributed by atoms with E-state index in [0.717, 1.165) is 32.4 Å². The van der Waals surface area contributed by atoms with Crippen LogP contribution in [0.15, 0.2) is 17.5 Å². The molecule has 1 aromatic heterocycles. The maximum Gasteiger partial charge on any atom is 0.303 e. The maximum atomic E-state index is 10.7. The highest BCUT2D eigenvalue weighted by atomic mass is 32.1. The van der Waals surface area contributed by atoms with Gasteiger partial charge in [0.15, 0.2) is 0 Å².